The number of anilines is 1. The van der Waals surface area contributed by atoms with Gasteiger partial charge in [0.1, 0.15) is 5.01 Å². The summed E-state index contributed by atoms with van der Waals surface area (Å²) in [7, 11) is 0. The Balaban J connectivity index is 1.56. The van der Waals surface area contributed by atoms with Crippen molar-refractivity contribution in [3.05, 3.63) is 94.3 Å². The first-order chi connectivity index (χ1) is 13.2. The predicted molar refractivity (Wildman–Crippen MR) is 115 cm³/mol. The summed E-state index contributed by atoms with van der Waals surface area (Å²) in [5.74, 6) is -0.142. The number of rotatable bonds is 4. The molecule has 3 nitrogen and oxygen atoms in total. The van der Waals surface area contributed by atoms with E-state index in [2.05, 4.69) is 33.4 Å². The van der Waals surface area contributed by atoms with Crippen LogP contribution in [-0.4, -0.2) is 10.9 Å². The van der Waals surface area contributed by atoms with Crippen molar-refractivity contribution in [2.75, 3.05) is 5.32 Å². The van der Waals surface area contributed by atoms with Crippen molar-refractivity contribution in [2.24, 2.45) is 0 Å². The molecule has 0 aliphatic heterocycles. The second-order valence-corrected chi connectivity index (χ2v) is 7.72. The third kappa shape index (κ3) is 4.15. The van der Waals surface area contributed by atoms with Crippen molar-refractivity contribution >= 4 is 38.9 Å². The Morgan fingerprint density at radius 1 is 0.889 bits per heavy atom. The Bertz CT molecular complexity index is 1090. The molecular formula is C22H15BrN2OS. The molecule has 27 heavy (non-hydrogen) atoms. The van der Waals surface area contributed by atoms with Gasteiger partial charge in [-0.1, -0.05) is 64.5 Å². The summed E-state index contributed by atoms with van der Waals surface area (Å²) < 4.78 is 0.875. The average molecular weight is 435 g/mol. The molecule has 1 heterocycles. The van der Waals surface area contributed by atoms with Crippen LogP contribution in [0, 0.1) is 0 Å². The lowest BCUT2D eigenvalue weighted by molar-refractivity contribution is 0.102. The van der Waals surface area contributed by atoms with E-state index < -0.39 is 0 Å². The molecule has 1 amide bonds. The zero-order chi connectivity index (χ0) is 18.6. The van der Waals surface area contributed by atoms with Crippen molar-refractivity contribution in [2.45, 2.75) is 0 Å². The number of nitrogens with zero attached hydrogens (tertiary/aromatic N) is 1. The van der Waals surface area contributed by atoms with E-state index in [1.165, 1.54) is 0 Å². The van der Waals surface area contributed by atoms with E-state index in [4.69, 9.17) is 4.98 Å². The monoisotopic (exact) mass is 434 g/mol. The van der Waals surface area contributed by atoms with Crippen LogP contribution in [0.1, 0.15) is 10.4 Å². The maximum Gasteiger partial charge on any atom is 0.255 e. The molecule has 0 radical (unpaired) electrons. The highest BCUT2D eigenvalue weighted by molar-refractivity contribution is 9.10. The first kappa shape index (κ1) is 17.6. The van der Waals surface area contributed by atoms with Crippen LogP contribution in [0.15, 0.2) is 88.7 Å². The third-order valence-electron chi connectivity index (χ3n) is 4.03. The van der Waals surface area contributed by atoms with Gasteiger partial charge in [-0.3, -0.25) is 4.79 Å². The minimum atomic E-state index is -0.142. The molecule has 1 aromatic heterocycles. The largest absolute Gasteiger partial charge is 0.322 e. The smallest absolute Gasteiger partial charge is 0.255 e. The lowest BCUT2D eigenvalue weighted by Crippen LogP contribution is -2.11. The number of benzene rings is 3. The molecule has 0 unspecified atom stereocenters. The Morgan fingerprint density at radius 2 is 1.67 bits per heavy atom. The van der Waals surface area contributed by atoms with Crippen molar-refractivity contribution in [3.63, 3.8) is 0 Å². The normalized spacial score (nSPS) is 10.6. The van der Waals surface area contributed by atoms with E-state index in [1.54, 1.807) is 23.5 Å². The molecule has 132 valence electrons. The lowest BCUT2D eigenvalue weighted by atomic mass is 10.1. The molecule has 0 aliphatic rings. The first-order valence-corrected chi connectivity index (χ1v) is 10.0. The Hall–Kier alpha value is -2.76. The van der Waals surface area contributed by atoms with Gasteiger partial charge >= 0.3 is 0 Å². The number of thiazole rings is 1. The fourth-order valence-electron chi connectivity index (χ4n) is 2.71. The van der Waals surface area contributed by atoms with Crippen LogP contribution in [0.2, 0.25) is 0 Å². The van der Waals surface area contributed by atoms with Gasteiger partial charge in [0.2, 0.25) is 0 Å². The molecule has 0 bridgehead atoms. The van der Waals surface area contributed by atoms with Crippen LogP contribution < -0.4 is 5.32 Å². The molecule has 0 saturated carbocycles. The Morgan fingerprint density at radius 3 is 2.48 bits per heavy atom. The van der Waals surface area contributed by atoms with Gasteiger partial charge in [-0.2, -0.15) is 0 Å². The van der Waals surface area contributed by atoms with Crippen LogP contribution in [0.4, 0.5) is 5.69 Å². The molecule has 0 fully saturated rings. The molecular weight excluding hydrogens is 420 g/mol. The molecule has 4 rings (SSSR count). The van der Waals surface area contributed by atoms with E-state index in [-0.39, 0.29) is 5.91 Å². The summed E-state index contributed by atoms with van der Waals surface area (Å²) in [6.07, 6.45) is 0. The zero-order valence-corrected chi connectivity index (χ0v) is 16.6. The standard InChI is InChI=1S/C22H15BrN2OS/c23-18-10-4-9-17(12-18)21(26)24-19-11-5-8-16(13-19)20-14-27-22(25-20)15-6-2-1-3-7-15/h1-14H,(H,24,26). The maximum absolute atomic E-state index is 12.5. The summed E-state index contributed by atoms with van der Waals surface area (Å²) in [5.41, 5.74) is 4.33. The predicted octanol–water partition coefficient (Wildman–Crippen LogP) is 6.49. The van der Waals surface area contributed by atoms with E-state index in [9.17, 15) is 4.79 Å². The van der Waals surface area contributed by atoms with Gasteiger partial charge in [0.15, 0.2) is 0 Å². The van der Waals surface area contributed by atoms with E-state index in [0.717, 1.165) is 32.0 Å². The third-order valence-corrected chi connectivity index (χ3v) is 5.41. The minimum Gasteiger partial charge on any atom is -0.322 e. The average Bonchev–Trinajstić information content (AvgIpc) is 3.19. The molecule has 0 aliphatic carbocycles. The van der Waals surface area contributed by atoms with Crippen LogP contribution in [0.25, 0.3) is 21.8 Å². The topological polar surface area (TPSA) is 42.0 Å². The van der Waals surface area contributed by atoms with Crippen molar-refractivity contribution < 1.29 is 4.79 Å². The van der Waals surface area contributed by atoms with Crippen molar-refractivity contribution in [3.8, 4) is 21.8 Å². The van der Waals surface area contributed by atoms with E-state index in [0.29, 0.717) is 5.56 Å². The summed E-state index contributed by atoms with van der Waals surface area (Å²) in [5, 5.41) is 5.97. The summed E-state index contributed by atoms with van der Waals surface area (Å²) >= 11 is 5.00. The van der Waals surface area contributed by atoms with E-state index in [1.807, 2.05) is 60.0 Å². The van der Waals surface area contributed by atoms with Crippen LogP contribution in [0.3, 0.4) is 0 Å². The van der Waals surface area contributed by atoms with Gasteiger partial charge in [-0.05, 0) is 30.3 Å². The molecule has 0 saturated heterocycles. The number of hydrogen-bond acceptors (Lipinski definition) is 3. The van der Waals surface area contributed by atoms with Gasteiger partial charge in [0.25, 0.3) is 5.91 Å². The SMILES string of the molecule is O=C(Nc1cccc(-c2csc(-c3ccccc3)n2)c1)c1cccc(Br)c1. The quantitative estimate of drug-likeness (QED) is 0.398. The zero-order valence-electron chi connectivity index (χ0n) is 14.2. The minimum absolute atomic E-state index is 0.142. The number of nitrogens with one attached hydrogen (secondary N) is 1. The molecule has 1 N–H and O–H groups in total. The maximum atomic E-state index is 12.5. The number of amides is 1. The Labute approximate surface area is 169 Å². The van der Waals surface area contributed by atoms with Gasteiger partial charge in [0.05, 0.1) is 5.69 Å². The van der Waals surface area contributed by atoms with Crippen molar-refractivity contribution in [1.82, 2.24) is 4.98 Å². The summed E-state index contributed by atoms with van der Waals surface area (Å²) in [4.78, 5) is 17.2. The number of halogens is 1. The lowest BCUT2D eigenvalue weighted by Gasteiger charge is -2.07. The number of carbonyl (C=O) groups excluding carboxylic acids is 1. The number of aromatic nitrogens is 1. The molecule has 0 spiro atoms. The fourth-order valence-corrected chi connectivity index (χ4v) is 3.94. The second kappa shape index (κ2) is 7.86. The molecule has 4 aromatic rings. The molecule has 5 heteroatoms. The van der Waals surface area contributed by atoms with Gasteiger partial charge < -0.3 is 5.32 Å². The van der Waals surface area contributed by atoms with E-state index >= 15 is 0 Å². The fraction of sp³-hybridized carbons (Fsp3) is 0. The molecule has 3 aromatic carbocycles. The van der Waals surface area contributed by atoms with Gasteiger partial charge in [-0.25, -0.2) is 4.98 Å². The molecule has 0 atom stereocenters. The van der Waals surface area contributed by atoms with Crippen molar-refractivity contribution in [1.29, 1.82) is 0 Å². The van der Waals surface area contributed by atoms with Gasteiger partial charge in [-0.15, -0.1) is 11.3 Å². The highest BCUT2D eigenvalue weighted by atomic mass is 79.9. The summed E-state index contributed by atoms with van der Waals surface area (Å²) in [6.45, 7) is 0. The van der Waals surface area contributed by atoms with Crippen LogP contribution >= 0.6 is 27.3 Å². The van der Waals surface area contributed by atoms with Crippen LogP contribution in [-0.2, 0) is 0 Å². The highest BCUT2D eigenvalue weighted by Crippen LogP contribution is 2.30. The van der Waals surface area contributed by atoms with Gasteiger partial charge in [0, 0.05) is 32.2 Å². The van der Waals surface area contributed by atoms with Crippen LogP contribution in [0.5, 0.6) is 0 Å². The first-order valence-electron chi connectivity index (χ1n) is 8.37. The number of hydrogen-bond donors (Lipinski definition) is 1. The number of carbonyl (C=O) groups is 1. The second-order valence-electron chi connectivity index (χ2n) is 5.95. The summed E-state index contributed by atoms with van der Waals surface area (Å²) in [6, 6.07) is 25.2. The Kier molecular flexibility index (Phi) is 5.14. The highest BCUT2D eigenvalue weighted by Gasteiger charge is 2.09.